The number of para-hydroxylation sites is 1. The molecule has 0 aliphatic heterocycles. The Morgan fingerprint density at radius 3 is 2.60 bits per heavy atom. The minimum atomic E-state index is 0.984. The fourth-order valence-corrected chi connectivity index (χ4v) is 4.29. The van der Waals surface area contributed by atoms with E-state index >= 15 is 0 Å². The molecule has 0 amide bonds. The lowest BCUT2D eigenvalue weighted by Gasteiger charge is -1.95. The van der Waals surface area contributed by atoms with E-state index in [1.807, 2.05) is 19.3 Å². The van der Waals surface area contributed by atoms with Gasteiger partial charge in [0.05, 0.1) is 5.69 Å². The smallest absolute Gasteiger partial charge is 0.140 e. The number of nitrogens with zero attached hydrogens (tertiary/aromatic N) is 4. The Hall–Kier alpha value is -2.92. The second kappa shape index (κ2) is 5.29. The van der Waals surface area contributed by atoms with Crippen LogP contribution in [0.25, 0.3) is 43.8 Å². The van der Waals surface area contributed by atoms with E-state index in [1.165, 1.54) is 16.5 Å². The number of thiazole rings is 1. The lowest BCUT2D eigenvalue weighted by atomic mass is 10.1. The van der Waals surface area contributed by atoms with Crippen LogP contribution < -0.4 is 0 Å². The molecule has 0 aliphatic rings. The number of fused-ring (bicyclic) bond motifs is 2. The van der Waals surface area contributed by atoms with Gasteiger partial charge in [0, 0.05) is 65.5 Å². The Morgan fingerprint density at radius 2 is 1.68 bits per heavy atom. The molecule has 5 aromatic rings. The van der Waals surface area contributed by atoms with Crippen molar-refractivity contribution in [1.29, 1.82) is 0 Å². The highest BCUT2D eigenvalue weighted by Gasteiger charge is 2.15. The van der Waals surface area contributed by atoms with E-state index in [0.717, 1.165) is 27.3 Å². The number of hydrogen-bond donors (Lipinski definition) is 0. The molecule has 1 aromatic carbocycles. The average Bonchev–Trinajstić information content (AvgIpc) is 3.33. The zero-order chi connectivity index (χ0) is 17.0. The molecule has 0 unspecified atom stereocenters. The average molecular weight is 344 g/mol. The van der Waals surface area contributed by atoms with E-state index in [4.69, 9.17) is 4.98 Å². The van der Waals surface area contributed by atoms with Gasteiger partial charge in [0.25, 0.3) is 0 Å². The third kappa shape index (κ3) is 2.13. The summed E-state index contributed by atoms with van der Waals surface area (Å²) in [6.45, 7) is 0. The van der Waals surface area contributed by atoms with Crippen LogP contribution in [0.15, 0.2) is 60.4 Å². The summed E-state index contributed by atoms with van der Waals surface area (Å²) in [5, 5.41) is 5.57. The van der Waals surface area contributed by atoms with E-state index in [9.17, 15) is 0 Å². The minimum absolute atomic E-state index is 0.984. The fourth-order valence-electron chi connectivity index (χ4n) is 3.45. The maximum absolute atomic E-state index is 4.94. The van der Waals surface area contributed by atoms with Crippen LogP contribution in [0.4, 0.5) is 0 Å². The van der Waals surface area contributed by atoms with Crippen LogP contribution in [0.3, 0.4) is 0 Å². The molecule has 0 aliphatic carbocycles. The molecule has 0 saturated carbocycles. The minimum Gasteiger partial charge on any atom is -0.350 e. The molecule has 5 heteroatoms. The molecule has 0 N–H and O–H groups in total. The van der Waals surface area contributed by atoms with Crippen molar-refractivity contribution in [2.45, 2.75) is 0 Å². The van der Waals surface area contributed by atoms with Gasteiger partial charge in [-0.2, -0.15) is 0 Å². The first-order valence-corrected chi connectivity index (χ1v) is 9.01. The summed E-state index contributed by atoms with van der Waals surface area (Å²) in [5.74, 6) is 0. The van der Waals surface area contributed by atoms with Crippen LogP contribution >= 0.6 is 11.3 Å². The van der Waals surface area contributed by atoms with Crippen LogP contribution in [-0.4, -0.2) is 19.1 Å². The lowest BCUT2D eigenvalue weighted by molar-refractivity contribution is 0.949. The molecule has 4 aromatic heterocycles. The Morgan fingerprint density at radius 1 is 0.880 bits per heavy atom. The zero-order valence-electron chi connectivity index (χ0n) is 14.0. The first-order valence-electron chi connectivity index (χ1n) is 8.13. The highest BCUT2D eigenvalue weighted by molar-refractivity contribution is 7.13. The summed E-state index contributed by atoms with van der Waals surface area (Å²) >= 11 is 1.69. The highest BCUT2D eigenvalue weighted by atomic mass is 32.1. The predicted molar refractivity (Wildman–Crippen MR) is 104 cm³/mol. The molecule has 25 heavy (non-hydrogen) atoms. The number of pyridine rings is 1. The number of aryl methyl sites for hydroxylation is 2. The van der Waals surface area contributed by atoms with Gasteiger partial charge in [-0.05, 0) is 18.2 Å². The molecule has 4 nitrogen and oxygen atoms in total. The third-order valence-electron chi connectivity index (χ3n) is 4.64. The second-order valence-electron chi connectivity index (χ2n) is 6.24. The lowest BCUT2D eigenvalue weighted by Crippen LogP contribution is -1.85. The van der Waals surface area contributed by atoms with Gasteiger partial charge in [-0.15, -0.1) is 11.3 Å². The molecule has 5 rings (SSSR count). The Labute approximate surface area is 149 Å². The van der Waals surface area contributed by atoms with Gasteiger partial charge in [0.2, 0.25) is 0 Å². The first kappa shape index (κ1) is 14.4. The van der Waals surface area contributed by atoms with E-state index in [-0.39, 0.29) is 0 Å². The van der Waals surface area contributed by atoms with E-state index in [1.54, 1.807) is 11.3 Å². The maximum Gasteiger partial charge on any atom is 0.140 e. The van der Waals surface area contributed by atoms with Crippen molar-refractivity contribution < 1.29 is 0 Å². The van der Waals surface area contributed by atoms with Crippen molar-refractivity contribution in [3.63, 3.8) is 0 Å². The van der Waals surface area contributed by atoms with Crippen molar-refractivity contribution in [2.75, 3.05) is 0 Å². The van der Waals surface area contributed by atoms with Crippen molar-refractivity contribution in [1.82, 2.24) is 19.1 Å². The number of benzene rings is 1. The van der Waals surface area contributed by atoms with Crippen molar-refractivity contribution in [2.24, 2.45) is 14.1 Å². The van der Waals surface area contributed by atoms with Gasteiger partial charge in [-0.1, -0.05) is 18.2 Å². The van der Waals surface area contributed by atoms with Gasteiger partial charge >= 0.3 is 0 Å². The third-order valence-corrected chi connectivity index (χ3v) is 5.52. The van der Waals surface area contributed by atoms with Crippen molar-refractivity contribution >= 4 is 33.3 Å². The molecule has 0 spiro atoms. The summed E-state index contributed by atoms with van der Waals surface area (Å²) < 4.78 is 4.22. The van der Waals surface area contributed by atoms with E-state index in [2.05, 4.69) is 69.3 Å². The van der Waals surface area contributed by atoms with Crippen molar-refractivity contribution in [3.8, 4) is 21.8 Å². The zero-order valence-corrected chi connectivity index (χ0v) is 14.8. The van der Waals surface area contributed by atoms with Gasteiger partial charge in [0.1, 0.15) is 10.7 Å². The Balaban J connectivity index is 1.68. The summed E-state index contributed by atoms with van der Waals surface area (Å²) in [4.78, 5) is 9.41. The molecule has 4 heterocycles. The van der Waals surface area contributed by atoms with Crippen molar-refractivity contribution in [3.05, 3.63) is 60.4 Å². The molecule has 0 saturated heterocycles. The largest absolute Gasteiger partial charge is 0.350 e. The Kier molecular flexibility index (Phi) is 3.05. The number of rotatable bonds is 2. The molecule has 0 atom stereocenters. The van der Waals surface area contributed by atoms with Gasteiger partial charge < -0.3 is 9.13 Å². The normalized spacial score (nSPS) is 11.6. The second-order valence-corrected chi connectivity index (χ2v) is 7.10. The van der Waals surface area contributed by atoms with Gasteiger partial charge in [0.15, 0.2) is 0 Å². The Bertz CT molecular complexity index is 1130. The van der Waals surface area contributed by atoms with Crippen LogP contribution in [0.2, 0.25) is 0 Å². The van der Waals surface area contributed by atoms with E-state index in [0.29, 0.717) is 0 Å². The van der Waals surface area contributed by atoms with Crippen LogP contribution in [0.1, 0.15) is 0 Å². The summed E-state index contributed by atoms with van der Waals surface area (Å²) in [6.07, 6.45) is 6.10. The summed E-state index contributed by atoms with van der Waals surface area (Å²) in [6, 6.07) is 12.5. The predicted octanol–water partition coefficient (Wildman–Crippen LogP) is 4.86. The molecule has 122 valence electrons. The number of aromatic nitrogens is 4. The molecule has 0 fully saturated rings. The van der Waals surface area contributed by atoms with E-state index < -0.39 is 0 Å². The van der Waals surface area contributed by atoms with Crippen LogP contribution in [-0.2, 0) is 14.1 Å². The molecular weight excluding hydrogens is 328 g/mol. The highest BCUT2D eigenvalue weighted by Crippen LogP contribution is 2.36. The fraction of sp³-hybridized carbons (Fsp3) is 0.100. The monoisotopic (exact) mass is 344 g/mol. The quantitative estimate of drug-likeness (QED) is 0.459. The van der Waals surface area contributed by atoms with Crippen LogP contribution in [0.5, 0.6) is 0 Å². The molecule has 0 bridgehead atoms. The molecular formula is C20H16N4S. The maximum atomic E-state index is 4.94. The SMILES string of the molecule is Cn1cc(-c2nc(-c3cn(C)c4ncccc34)cs2)c2ccccc21. The summed E-state index contributed by atoms with van der Waals surface area (Å²) in [5.41, 5.74) is 5.54. The number of hydrogen-bond acceptors (Lipinski definition) is 3. The van der Waals surface area contributed by atoms with Crippen LogP contribution in [0, 0.1) is 0 Å². The standard InChI is InChI=1S/C20H16N4S/c1-23-11-16(13-6-3-4-8-18(13)23)20-22-17(12-25-20)15-10-24(2)19-14(15)7-5-9-21-19/h3-12H,1-2H3. The van der Waals surface area contributed by atoms with Gasteiger partial charge in [-0.25, -0.2) is 9.97 Å². The first-order chi connectivity index (χ1) is 12.2. The molecule has 0 radical (unpaired) electrons. The summed E-state index contributed by atoms with van der Waals surface area (Å²) in [7, 11) is 4.10. The topological polar surface area (TPSA) is 35.6 Å². The van der Waals surface area contributed by atoms with Gasteiger partial charge in [-0.3, -0.25) is 0 Å².